The minimum atomic E-state index is -0.446. The molecule has 0 spiro atoms. The highest BCUT2D eigenvalue weighted by molar-refractivity contribution is 6.03. The average Bonchev–Trinajstić information content (AvgIpc) is 3.22. The van der Waals surface area contributed by atoms with E-state index >= 15 is 0 Å². The number of hydrogen-bond acceptors (Lipinski definition) is 4. The first-order valence-corrected chi connectivity index (χ1v) is 9.46. The Kier molecular flexibility index (Phi) is 5.87. The highest BCUT2D eigenvalue weighted by atomic mass is 16.5. The van der Waals surface area contributed by atoms with Crippen LogP contribution in [0.2, 0.25) is 0 Å². The molecule has 5 heteroatoms. The third-order valence-electron chi connectivity index (χ3n) is 4.66. The molecule has 0 radical (unpaired) electrons. The van der Waals surface area contributed by atoms with E-state index in [1.54, 1.807) is 30.3 Å². The van der Waals surface area contributed by atoms with Crippen molar-refractivity contribution in [1.29, 1.82) is 0 Å². The topological polar surface area (TPSA) is 68.5 Å². The lowest BCUT2D eigenvalue weighted by Gasteiger charge is -2.19. The normalized spacial score (nSPS) is 11.2. The number of esters is 1. The molecule has 1 N–H and O–H groups in total. The zero-order chi connectivity index (χ0) is 21.0. The number of furan rings is 1. The maximum absolute atomic E-state index is 12.5. The number of hydrogen-bond donors (Lipinski definition) is 1. The summed E-state index contributed by atoms with van der Waals surface area (Å²) in [4.78, 5) is 24.7. The number of benzene rings is 2. The summed E-state index contributed by atoms with van der Waals surface area (Å²) in [6.45, 7) is 8.50. The van der Waals surface area contributed by atoms with E-state index in [-0.39, 0.29) is 23.7 Å². The van der Waals surface area contributed by atoms with Crippen LogP contribution in [0.25, 0.3) is 0 Å². The van der Waals surface area contributed by atoms with E-state index < -0.39 is 5.97 Å². The van der Waals surface area contributed by atoms with Gasteiger partial charge in [-0.25, -0.2) is 4.79 Å². The van der Waals surface area contributed by atoms with Gasteiger partial charge in [0.25, 0.3) is 5.91 Å². The standard InChI is InChI=1S/C24H25NO4/c1-16-7-10-18(14-20(16)25-22(26)21-6-5-13-28-21)23(27)29-15-17-8-11-19(12-9-17)24(2,3)4/h5-14H,15H2,1-4H3,(H,25,26). The maximum atomic E-state index is 12.5. The van der Waals surface area contributed by atoms with E-state index in [0.717, 1.165) is 11.1 Å². The van der Waals surface area contributed by atoms with Crippen molar-refractivity contribution in [3.8, 4) is 0 Å². The summed E-state index contributed by atoms with van der Waals surface area (Å²) in [6.07, 6.45) is 1.43. The van der Waals surface area contributed by atoms with Gasteiger partial charge >= 0.3 is 5.97 Å². The Hall–Kier alpha value is -3.34. The predicted molar refractivity (Wildman–Crippen MR) is 112 cm³/mol. The number of anilines is 1. The van der Waals surface area contributed by atoms with Crippen LogP contribution in [0.3, 0.4) is 0 Å². The molecule has 2 aromatic carbocycles. The van der Waals surface area contributed by atoms with Crippen molar-refractivity contribution in [2.45, 2.75) is 39.7 Å². The Balaban J connectivity index is 1.65. The first kappa shape index (κ1) is 20.4. The number of carbonyl (C=O) groups excluding carboxylic acids is 2. The van der Waals surface area contributed by atoms with E-state index in [0.29, 0.717) is 11.3 Å². The van der Waals surface area contributed by atoms with Crippen molar-refractivity contribution in [2.75, 3.05) is 5.32 Å². The molecular formula is C24H25NO4. The SMILES string of the molecule is Cc1ccc(C(=O)OCc2ccc(C(C)(C)C)cc2)cc1NC(=O)c1ccco1. The fourth-order valence-electron chi connectivity index (χ4n) is 2.81. The second kappa shape index (κ2) is 8.35. The van der Waals surface area contributed by atoms with Gasteiger partial charge in [-0.2, -0.15) is 0 Å². The van der Waals surface area contributed by atoms with Crippen LogP contribution in [-0.2, 0) is 16.8 Å². The molecule has 29 heavy (non-hydrogen) atoms. The van der Waals surface area contributed by atoms with Crippen LogP contribution in [0.15, 0.2) is 65.3 Å². The van der Waals surface area contributed by atoms with Crippen LogP contribution >= 0.6 is 0 Å². The van der Waals surface area contributed by atoms with Gasteiger partial charge in [-0.15, -0.1) is 0 Å². The molecule has 0 saturated carbocycles. The predicted octanol–water partition coefficient (Wildman–Crippen LogP) is 5.49. The van der Waals surface area contributed by atoms with Crippen LogP contribution in [0.5, 0.6) is 0 Å². The van der Waals surface area contributed by atoms with Gasteiger partial charge in [0.15, 0.2) is 5.76 Å². The van der Waals surface area contributed by atoms with Crippen molar-refractivity contribution in [2.24, 2.45) is 0 Å². The largest absolute Gasteiger partial charge is 0.459 e. The molecule has 1 aromatic heterocycles. The zero-order valence-electron chi connectivity index (χ0n) is 17.1. The van der Waals surface area contributed by atoms with Crippen LogP contribution < -0.4 is 5.32 Å². The lowest BCUT2D eigenvalue weighted by atomic mass is 9.87. The quantitative estimate of drug-likeness (QED) is 0.584. The minimum Gasteiger partial charge on any atom is -0.459 e. The Morgan fingerprint density at radius 3 is 2.38 bits per heavy atom. The van der Waals surface area contributed by atoms with Crippen molar-refractivity contribution in [3.05, 3.63) is 88.9 Å². The number of rotatable bonds is 5. The lowest BCUT2D eigenvalue weighted by Crippen LogP contribution is -2.13. The van der Waals surface area contributed by atoms with Crippen molar-refractivity contribution in [1.82, 2.24) is 0 Å². The number of nitrogens with one attached hydrogen (secondary N) is 1. The zero-order valence-corrected chi connectivity index (χ0v) is 17.1. The Labute approximate surface area is 170 Å². The Morgan fingerprint density at radius 2 is 1.76 bits per heavy atom. The van der Waals surface area contributed by atoms with E-state index in [1.807, 2.05) is 19.1 Å². The fourth-order valence-corrected chi connectivity index (χ4v) is 2.81. The molecule has 0 aliphatic carbocycles. The van der Waals surface area contributed by atoms with Crippen molar-refractivity contribution < 1.29 is 18.7 Å². The fraction of sp³-hybridized carbons (Fsp3) is 0.250. The monoisotopic (exact) mass is 391 g/mol. The van der Waals surface area contributed by atoms with Gasteiger partial charge in [0.2, 0.25) is 0 Å². The smallest absolute Gasteiger partial charge is 0.338 e. The molecule has 150 valence electrons. The second-order valence-corrected chi connectivity index (χ2v) is 7.98. The average molecular weight is 391 g/mol. The molecule has 1 heterocycles. The Bertz CT molecular complexity index is 996. The molecule has 0 aliphatic rings. The van der Waals surface area contributed by atoms with Gasteiger partial charge < -0.3 is 14.5 Å². The summed E-state index contributed by atoms with van der Waals surface area (Å²) in [5.74, 6) is -0.614. The highest BCUT2D eigenvalue weighted by Crippen LogP contribution is 2.23. The van der Waals surface area contributed by atoms with Gasteiger partial charge in [-0.05, 0) is 53.3 Å². The Morgan fingerprint density at radius 1 is 1.03 bits per heavy atom. The lowest BCUT2D eigenvalue weighted by molar-refractivity contribution is 0.0472. The summed E-state index contributed by atoms with van der Waals surface area (Å²) >= 11 is 0. The summed E-state index contributed by atoms with van der Waals surface area (Å²) < 4.78 is 10.5. The summed E-state index contributed by atoms with van der Waals surface area (Å²) in [5.41, 5.74) is 3.97. The molecule has 0 bridgehead atoms. The first-order valence-electron chi connectivity index (χ1n) is 9.46. The summed E-state index contributed by atoms with van der Waals surface area (Å²) in [5, 5.41) is 2.76. The van der Waals surface area contributed by atoms with Crippen LogP contribution in [0.1, 0.15) is 58.4 Å². The van der Waals surface area contributed by atoms with E-state index in [2.05, 4.69) is 38.2 Å². The summed E-state index contributed by atoms with van der Waals surface area (Å²) in [6, 6.07) is 16.3. The summed E-state index contributed by atoms with van der Waals surface area (Å²) in [7, 11) is 0. The first-order chi connectivity index (χ1) is 13.7. The van der Waals surface area contributed by atoms with Crippen molar-refractivity contribution in [3.63, 3.8) is 0 Å². The van der Waals surface area contributed by atoms with Crippen LogP contribution in [0, 0.1) is 6.92 Å². The number of carbonyl (C=O) groups is 2. The number of ether oxygens (including phenoxy) is 1. The second-order valence-electron chi connectivity index (χ2n) is 7.98. The molecule has 0 fully saturated rings. The van der Waals surface area contributed by atoms with Gasteiger partial charge in [0, 0.05) is 5.69 Å². The van der Waals surface area contributed by atoms with E-state index in [4.69, 9.17) is 9.15 Å². The van der Waals surface area contributed by atoms with Crippen LogP contribution in [-0.4, -0.2) is 11.9 Å². The molecule has 0 unspecified atom stereocenters. The maximum Gasteiger partial charge on any atom is 0.338 e. The molecule has 0 atom stereocenters. The van der Waals surface area contributed by atoms with E-state index in [9.17, 15) is 9.59 Å². The molecule has 0 saturated heterocycles. The molecule has 3 aromatic rings. The molecular weight excluding hydrogens is 366 g/mol. The van der Waals surface area contributed by atoms with E-state index in [1.165, 1.54) is 11.8 Å². The highest BCUT2D eigenvalue weighted by Gasteiger charge is 2.15. The van der Waals surface area contributed by atoms with Crippen LogP contribution in [0.4, 0.5) is 5.69 Å². The third kappa shape index (κ3) is 5.13. The van der Waals surface area contributed by atoms with Gasteiger partial charge in [-0.1, -0.05) is 51.1 Å². The molecule has 1 amide bonds. The van der Waals surface area contributed by atoms with Crippen molar-refractivity contribution >= 4 is 17.6 Å². The van der Waals surface area contributed by atoms with Gasteiger partial charge in [0.1, 0.15) is 6.61 Å². The third-order valence-corrected chi connectivity index (χ3v) is 4.66. The molecule has 5 nitrogen and oxygen atoms in total. The molecule has 0 aliphatic heterocycles. The van der Waals surface area contributed by atoms with Gasteiger partial charge in [0.05, 0.1) is 11.8 Å². The van der Waals surface area contributed by atoms with Gasteiger partial charge in [-0.3, -0.25) is 4.79 Å². The number of aryl methyl sites for hydroxylation is 1. The molecule has 3 rings (SSSR count). The number of amides is 1. The minimum absolute atomic E-state index is 0.0770.